The minimum absolute atomic E-state index is 0.109. The number of ether oxygens (including phenoxy) is 4. The Morgan fingerprint density at radius 3 is 2.33 bits per heavy atom. The Morgan fingerprint density at radius 2 is 1.75 bits per heavy atom. The first-order valence-electron chi connectivity index (χ1n) is 9.22. The zero-order chi connectivity index (χ0) is 17.9. The average Bonchev–Trinajstić information content (AvgIpc) is 2.87. The van der Waals surface area contributed by atoms with E-state index in [-0.39, 0.29) is 30.4 Å². The van der Waals surface area contributed by atoms with Crippen LogP contribution in [-0.4, -0.2) is 35.9 Å². The molecule has 0 aromatic heterocycles. The number of fused-ring (bicyclic) bond motifs is 1. The van der Waals surface area contributed by atoms with Crippen LogP contribution in [-0.2, 0) is 23.7 Å². The molecule has 2 aliphatic heterocycles. The van der Waals surface area contributed by atoms with Crippen LogP contribution in [0.2, 0.25) is 0 Å². The maximum absolute atomic E-state index is 12.5. The molecule has 2 saturated heterocycles. The lowest BCUT2D eigenvalue weighted by atomic mass is 9.67. The summed E-state index contributed by atoms with van der Waals surface area (Å²) in [5.41, 5.74) is -1.04. The maximum Gasteiger partial charge on any atom is 0.311 e. The van der Waals surface area contributed by atoms with Crippen LogP contribution in [0.1, 0.15) is 67.7 Å². The standard InChI is InChI=1S/C19H32O5/c1-11-9-8-10-13(21-16(20)17(3,4)5)19(11)12(2)14-15(24-19)23-18(6,7)22-14/h11-15H,8-10H2,1-7H3/t11-,12-,13+,14?,15?,19?/m1/s1. The van der Waals surface area contributed by atoms with Crippen LogP contribution in [0.4, 0.5) is 0 Å². The van der Waals surface area contributed by atoms with Crippen molar-refractivity contribution in [1.29, 1.82) is 0 Å². The summed E-state index contributed by atoms with van der Waals surface area (Å²) < 4.78 is 24.5. The smallest absolute Gasteiger partial charge is 0.311 e. The van der Waals surface area contributed by atoms with E-state index in [0.29, 0.717) is 5.92 Å². The SMILES string of the molecule is C[C@@H]1CCC[C@H](OC(=O)C(C)(C)C)C12OC1OC(C)(C)OC1[C@H]2C. The van der Waals surface area contributed by atoms with E-state index in [1.165, 1.54) is 0 Å². The lowest BCUT2D eigenvalue weighted by Crippen LogP contribution is -2.57. The second kappa shape index (κ2) is 5.68. The number of esters is 1. The molecule has 2 heterocycles. The molecule has 24 heavy (non-hydrogen) atoms. The number of rotatable bonds is 1. The van der Waals surface area contributed by atoms with Crippen molar-refractivity contribution in [1.82, 2.24) is 0 Å². The van der Waals surface area contributed by atoms with Crippen LogP contribution in [0.15, 0.2) is 0 Å². The number of hydrogen-bond donors (Lipinski definition) is 0. The van der Waals surface area contributed by atoms with E-state index in [2.05, 4.69) is 13.8 Å². The highest BCUT2D eigenvalue weighted by atomic mass is 16.8. The monoisotopic (exact) mass is 340 g/mol. The van der Waals surface area contributed by atoms with Crippen LogP contribution < -0.4 is 0 Å². The van der Waals surface area contributed by atoms with Gasteiger partial charge >= 0.3 is 5.97 Å². The Balaban J connectivity index is 1.87. The number of carbonyl (C=O) groups is 1. The second-order valence-electron chi connectivity index (χ2n) is 9.20. The Bertz CT molecular complexity index is 508. The zero-order valence-corrected chi connectivity index (χ0v) is 16.0. The van der Waals surface area contributed by atoms with E-state index in [1.54, 1.807) is 0 Å². The summed E-state index contributed by atoms with van der Waals surface area (Å²) in [4.78, 5) is 12.5. The summed E-state index contributed by atoms with van der Waals surface area (Å²) in [6.07, 6.45) is 2.20. The summed E-state index contributed by atoms with van der Waals surface area (Å²) in [7, 11) is 0. The fourth-order valence-electron chi connectivity index (χ4n) is 4.52. The molecule has 0 radical (unpaired) electrons. The molecular weight excluding hydrogens is 308 g/mol. The molecule has 1 saturated carbocycles. The van der Waals surface area contributed by atoms with Crippen LogP contribution in [0.3, 0.4) is 0 Å². The van der Waals surface area contributed by atoms with E-state index in [1.807, 2.05) is 34.6 Å². The second-order valence-corrected chi connectivity index (χ2v) is 9.20. The van der Waals surface area contributed by atoms with Crippen LogP contribution in [0.25, 0.3) is 0 Å². The van der Waals surface area contributed by atoms with Gasteiger partial charge in [-0.1, -0.05) is 13.8 Å². The topological polar surface area (TPSA) is 54.0 Å². The molecule has 3 unspecified atom stereocenters. The molecule has 6 atom stereocenters. The van der Waals surface area contributed by atoms with Crippen LogP contribution >= 0.6 is 0 Å². The first-order valence-corrected chi connectivity index (χ1v) is 9.22. The minimum atomic E-state index is -0.624. The molecule has 0 aromatic rings. The van der Waals surface area contributed by atoms with Crippen molar-refractivity contribution in [2.24, 2.45) is 17.3 Å². The van der Waals surface area contributed by atoms with Crippen molar-refractivity contribution in [2.75, 3.05) is 0 Å². The lowest BCUT2D eigenvalue weighted by molar-refractivity contribution is -0.272. The molecule has 0 aromatic carbocycles. The van der Waals surface area contributed by atoms with Gasteiger partial charge in [0.05, 0.1) is 5.41 Å². The van der Waals surface area contributed by atoms with Gasteiger partial charge in [-0.3, -0.25) is 4.79 Å². The molecular formula is C19H32O5. The van der Waals surface area contributed by atoms with Crippen molar-refractivity contribution < 1.29 is 23.7 Å². The van der Waals surface area contributed by atoms with Gasteiger partial charge in [0, 0.05) is 5.92 Å². The summed E-state index contributed by atoms with van der Waals surface area (Å²) in [6, 6.07) is 0. The first kappa shape index (κ1) is 18.2. The molecule has 0 bridgehead atoms. The number of carbonyl (C=O) groups excluding carboxylic acids is 1. The van der Waals surface area contributed by atoms with E-state index in [0.717, 1.165) is 19.3 Å². The quantitative estimate of drug-likeness (QED) is 0.682. The van der Waals surface area contributed by atoms with Crippen molar-refractivity contribution in [3.8, 4) is 0 Å². The highest BCUT2D eigenvalue weighted by molar-refractivity contribution is 5.75. The third kappa shape index (κ3) is 2.78. The molecule has 1 aliphatic carbocycles. The molecule has 3 aliphatic rings. The highest BCUT2D eigenvalue weighted by Crippen LogP contribution is 2.54. The van der Waals surface area contributed by atoms with E-state index >= 15 is 0 Å². The maximum atomic E-state index is 12.5. The third-order valence-electron chi connectivity index (χ3n) is 5.85. The van der Waals surface area contributed by atoms with Gasteiger partial charge in [-0.2, -0.15) is 0 Å². The highest BCUT2D eigenvalue weighted by Gasteiger charge is 2.66. The third-order valence-corrected chi connectivity index (χ3v) is 5.85. The minimum Gasteiger partial charge on any atom is -0.459 e. The fourth-order valence-corrected chi connectivity index (χ4v) is 4.52. The van der Waals surface area contributed by atoms with E-state index in [9.17, 15) is 4.79 Å². The summed E-state index contributed by atoms with van der Waals surface area (Å²) in [6.45, 7) is 13.8. The van der Waals surface area contributed by atoms with Crippen molar-refractivity contribution in [2.45, 2.75) is 97.6 Å². The normalized spacial score (nSPS) is 44.5. The molecule has 5 heteroatoms. The molecule has 0 N–H and O–H groups in total. The predicted molar refractivity (Wildman–Crippen MR) is 89.2 cm³/mol. The molecule has 3 fully saturated rings. The lowest BCUT2D eigenvalue weighted by Gasteiger charge is -2.48. The summed E-state index contributed by atoms with van der Waals surface area (Å²) in [5.74, 6) is -0.394. The van der Waals surface area contributed by atoms with Crippen LogP contribution in [0, 0.1) is 17.3 Å². The van der Waals surface area contributed by atoms with Gasteiger partial charge in [-0.15, -0.1) is 0 Å². The zero-order valence-electron chi connectivity index (χ0n) is 16.0. The Labute approximate surface area is 145 Å². The Hall–Kier alpha value is -0.650. The van der Waals surface area contributed by atoms with Gasteiger partial charge in [-0.25, -0.2) is 0 Å². The van der Waals surface area contributed by atoms with Gasteiger partial charge < -0.3 is 18.9 Å². The molecule has 3 rings (SSSR count). The van der Waals surface area contributed by atoms with Crippen molar-refractivity contribution in [3.05, 3.63) is 0 Å². The van der Waals surface area contributed by atoms with Crippen molar-refractivity contribution >= 4 is 5.97 Å². The van der Waals surface area contributed by atoms with Crippen LogP contribution in [0.5, 0.6) is 0 Å². The molecule has 0 amide bonds. The van der Waals surface area contributed by atoms with E-state index in [4.69, 9.17) is 18.9 Å². The number of hydrogen-bond acceptors (Lipinski definition) is 5. The average molecular weight is 340 g/mol. The van der Waals surface area contributed by atoms with Gasteiger partial charge in [-0.05, 0) is 59.8 Å². The van der Waals surface area contributed by atoms with Gasteiger partial charge in [0.2, 0.25) is 0 Å². The Kier molecular flexibility index (Phi) is 4.30. The fraction of sp³-hybridized carbons (Fsp3) is 0.947. The molecule has 5 nitrogen and oxygen atoms in total. The van der Waals surface area contributed by atoms with Gasteiger partial charge in [0.15, 0.2) is 12.1 Å². The molecule has 138 valence electrons. The Morgan fingerprint density at radius 1 is 1.08 bits per heavy atom. The van der Waals surface area contributed by atoms with Crippen molar-refractivity contribution in [3.63, 3.8) is 0 Å². The summed E-state index contributed by atoms with van der Waals surface area (Å²) in [5, 5.41) is 0. The summed E-state index contributed by atoms with van der Waals surface area (Å²) >= 11 is 0. The predicted octanol–water partition coefficient (Wildman–Crippen LogP) is 3.65. The largest absolute Gasteiger partial charge is 0.459 e. The first-order chi connectivity index (χ1) is 11.0. The molecule has 1 spiro atoms. The van der Waals surface area contributed by atoms with E-state index < -0.39 is 16.8 Å². The van der Waals surface area contributed by atoms with Gasteiger partial charge in [0.1, 0.15) is 17.8 Å². The van der Waals surface area contributed by atoms with Gasteiger partial charge in [0.25, 0.3) is 0 Å².